The zero-order chi connectivity index (χ0) is 4.71. The van der Waals surface area contributed by atoms with E-state index in [-0.39, 0.29) is 0 Å². The van der Waals surface area contributed by atoms with Crippen molar-refractivity contribution in [3.05, 3.63) is 0 Å². The maximum absolute atomic E-state index is 8.19. The van der Waals surface area contributed by atoms with Gasteiger partial charge >= 0.3 is 21.0 Å². The van der Waals surface area contributed by atoms with Crippen LogP contribution in [-0.2, 0) is 21.0 Å². The third-order valence-electron chi connectivity index (χ3n) is 0. The van der Waals surface area contributed by atoms with Gasteiger partial charge in [-0.3, -0.25) is 0 Å². The number of hydrogen-bond donors (Lipinski definition) is 0. The van der Waals surface area contributed by atoms with Crippen molar-refractivity contribution >= 4 is 0 Å². The Morgan fingerprint density at radius 2 is 1.40 bits per heavy atom. The van der Waals surface area contributed by atoms with Gasteiger partial charge in [0.15, 0.2) is 0 Å². The molecule has 0 aliphatic rings. The molecule has 0 bridgehead atoms. The van der Waals surface area contributed by atoms with Crippen molar-refractivity contribution in [1.82, 2.24) is 0 Å². The van der Waals surface area contributed by atoms with Crippen molar-refractivity contribution in [3.8, 4) is 0 Å². The first-order chi connectivity index (χ1) is 2.41. The van der Waals surface area contributed by atoms with Crippen LogP contribution in [0, 0.1) is 0 Å². The van der Waals surface area contributed by atoms with Crippen LogP contribution in [0.4, 0.5) is 0 Å². The Hall–Kier alpha value is 0.384. The molecule has 0 rings (SSSR count). The van der Waals surface area contributed by atoms with E-state index in [9.17, 15) is 0 Å². The van der Waals surface area contributed by atoms with E-state index in [0.717, 1.165) is 17.4 Å². The molecule has 0 saturated carbocycles. The van der Waals surface area contributed by atoms with E-state index < -0.39 is 0 Å². The maximum atomic E-state index is 8.19. The first kappa shape index (κ1) is 9.04. The molecule has 0 N–H and O–H groups in total. The second-order valence-electron chi connectivity index (χ2n) is 0.707. The van der Waals surface area contributed by atoms with Crippen molar-refractivity contribution in [1.29, 1.82) is 0 Å². The Morgan fingerprint density at radius 3 is 1.40 bits per heavy atom. The summed E-state index contributed by atoms with van der Waals surface area (Å²) < 4.78 is 8.19. The van der Waals surface area contributed by atoms with E-state index in [1.165, 1.54) is 6.42 Å². The molecule has 0 fully saturated rings. The minimum absolute atomic E-state index is 1.06. The van der Waals surface area contributed by atoms with Crippen LogP contribution in [0.5, 0.6) is 0 Å². The summed E-state index contributed by atoms with van der Waals surface area (Å²) in [7, 11) is 0. The van der Waals surface area contributed by atoms with Gasteiger partial charge in [-0.1, -0.05) is 20.3 Å². The van der Waals surface area contributed by atoms with Gasteiger partial charge in [0.2, 0.25) is 0 Å². The average molecular weight is 111 g/mol. The predicted molar refractivity (Wildman–Crippen MR) is 16.7 cm³/mol. The van der Waals surface area contributed by atoms with Gasteiger partial charge in [-0.15, -0.1) is 0 Å². The van der Waals surface area contributed by atoms with Gasteiger partial charge in [0.25, 0.3) is 0 Å². The molecule has 5 heavy (non-hydrogen) atoms. The molecule has 0 radical (unpaired) electrons. The van der Waals surface area contributed by atoms with E-state index in [1.54, 1.807) is 0 Å². The van der Waals surface area contributed by atoms with E-state index in [1.807, 2.05) is 0 Å². The van der Waals surface area contributed by atoms with E-state index in [2.05, 4.69) is 13.8 Å². The van der Waals surface area contributed by atoms with Crippen LogP contribution in [-0.4, -0.2) is 0 Å². The normalized spacial score (nSPS) is 4.20. The Labute approximate surface area is 42.0 Å². The molecule has 0 atom stereocenters. The summed E-state index contributed by atoms with van der Waals surface area (Å²) in [6.45, 7) is 4.25. The molecule has 0 heterocycles. The molecule has 31 valence electrons. The molecule has 0 aromatic heterocycles. The third-order valence-corrected chi connectivity index (χ3v) is 0. The van der Waals surface area contributed by atoms with Crippen LogP contribution in [0.2, 0.25) is 0 Å². The molecule has 0 spiro atoms. The summed E-state index contributed by atoms with van der Waals surface area (Å²) in [5.74, 6) is 0. The SMILES string of the molecule is CCC.[O]=[V]. The van der Waals surface area contributed by atoms with Crippen molar-refractivity contribution in [2.45, 2.75) is 20.3 Å². The minimum atomic E-state index is 1.06. The van der Waals surface area contributed by atoms with Gasteiger partial charge < -0.3 is 0 Å². The fraction of sp³-hybridized carbons (Fsp3) is 1.00. The zero-order valence-corrected chi connectivity index (χ0v) is 4.96. The van der Waals surface area contributed by atoms with E-state index in [0.29, 0.717) is 0 Å². The second kappa shape index (κ2) is 26.2. The van der Waals surface area contributed by atoms with E-state index in [4.69, 9.17) is 3.67 Å². The fourth-order valence-corrected chi connectivity index (χ4v) is 0. The molecule has 0 saturated heterocycles. The molecular weight excluding hydrogens is 103 g/mol. The fourth-order valence-electron chi connectivity index (χ4n) is 0. The molecular formula is C3H8OV. The van der Waals surface area contributed by atoms with Crippen molar-refractivity contribution in [3.63, 3.8) is 0 Å². The molecule has 0 unspecified atom stereocenters. The van der Waals surface area contributed by atoms with Crippen molar-refractivity contribution in [2.75, 3.05) is 0 Å². The quantitative estimate of drug-likeness (QED) is 0.460. The average Bonchev–Trinajstić information content (AvgIpc) is 1.46. The van der Waals surface area contributed by atoms with Crippen molar-refractivity contribution in [2.24, 2.45) is 0 Å². The van der Waals surface area contributed by atoms with Gasteiger partial charge in [0.1, 0.15) is 0 Å². The van der Waals surface area contributed by atoms with Crippen molar-refractivity contribution < 1.29 is 21.0 Å². The van der Waals surface area contributed by atoms with Gasteiger partial charge in [-0.25, -0.2) is 0 Å². The number of hydrogen-bond acceptors (Lipinski definition) is 1. The van der Waals surface area contributed by atoms with Gasteiger partial charge in [0, 0.05) is 0 Å². The molecule has 0 aliphatic heterocycles. The first-order valence-electron chi connectivity index (χ1n) is 1.60. The molecule has 1 nitrogen and oxygen atoms in total. The molecule has 0 aromatic rings. The van der Waals surface area contributed by atoms with E-state index >= 15 is 0 Å². The summed E-state index contributed by atoms with van der Waals surface area (Å²) in [5.41, 5.74) is 0. The van der Waals surface area contributed by atoms with Crippen LogP contribution in [0.3, 0.4) is 0 Å². The Kier molecular flexibility index (Phi) is 47.4. The van der Waals surface area contributed by atoms with Crippen LogP contribution < -0.4 is 0 Å². The summed E-state index contributed by atoms with van der Waals surface area (Å²) >= 11 is 1.06. The summed E-state index contributed by atoms with van der Waals surface area (Å²) in [4.78, 5) is 0. The van der Waals surface area contributed by atoms with Crippen LogP contribution >= 0.6 is 0 Å². The summed E-state index contributed by atoms with van der Waals surface area (Å²) in [6.07, 6.45) is 1.25. The Morgan fingerprint density at radius 1 is 1.40 bits per heavy atom. The first-order valence-corrected chi connectivity index (χ1v) is 2.17. The summed E-state index contributed by atoms with van der Waals surface area (Å²) in [5, 5.41) is 0. The molecule has 0 aliphatic carbocycles. The second-order valence-corrected chi connectivity index (χ2v) is 0.707. The third kappa shape index (κ3) is 169. The Balaban J connectivity index is 0. The monoisotopic (exact) mass is 111 g/mol. The molecule has 2 heteroatoms. The zero-order valence-electron chi connectivity index (χ0n) is 3.56. The standard InChI is InChI=1S/C3H8.O.V/c1-3-2;;/h3H2,1-2H3;;. The van der Waals surface area contributed by atoms with Crippen LogP contribution in [0.15, 0.2) is 0 Å². The molecule has 0 amide bonds. The number of rotatable bonds is 0. The molecule has 0 aromatic carbocycles. The van der Waals surface area contributed by atoms with Gasteiger partial charge in [-0.05, 0) is 0 Å². The Bertz CT molecular complexity index is 10.9. The predicted octanol–water partition coefficient (Wildman–Crippen LogP) is 1.29. The van der Waals surface area contributed by atoms with Gasteiger partial charge in [-0.2, -0.15) is 0 Å². The summed E-state index contributed by atoms with van der Waals surface area (Å²) in [6, 6.07) is 0. The van der Waals surface area contributed by atoms with Crippen LogP contribution in [0.25, 0.3) is 0 Å². The topological polar surface area (TPSA) is 17.1 Å². The van der Waals surface area contributed by atoms with Gasteiger partial charge in [0.05, 0.1) is 0 Å². The van der Waals surface area contributed by atoms with Crippen LogP contribution in [0.1, 0.15) is 20.3 Å².